The molecule has 0 unspecified atom stereocenters. The molecule has 0 aromatic heterocycles. The highest BCUT2D eigenvalue weighted by molar-refractivity contribution is 7.99. The molecule has 1 N–H and O–H groups in total. The van der Waals surface area contributed by atoms with Gasteiger partial charge in [0.05, 0.1) is 15.5 Å². The highest BCUT2D eigenvalue weighted by Gasteiger charge is 2.20. The van der Waals surface area contributed by atoms with E-state index in [9.17, 15) is 19.3 Å². The van der Waals surface area contributed by atoms with Gasteiger partial charge in [0.2, 0.25) is 0 Å². The number of hydrogen-bond donors (Lipinski definition) is 1. The summed E-state index contributed by atoms with van der Waals surface area (Å²) >= 11 is 6.63. The molecule has 21 heavy (non-hydrogen) atoms. The third-order valence-corrected chi connectivity index (χ3v) is 4.13. The Morgan fingerprint density at radius 3 is 2.67 bits per heavy atom. The lowest BCUT2D eigenvalue weighted by Gasteiger charge is -2.07. The zero-order valence-corrected chi connectivity index (χ0v) is 11.8. The van der Waals surface area contributed by atoms with Crippen molar-refractivity contribution in [2.24, 2.45) is 0 Å². The number of halogens is 2. The van der Waals surface area contributed by atoms with Crippen LogP contribution in [0.3, 0.4) is 0 Å². The minimum atomic E-state index is -1.22. The maximum absolute atomic E-state index is 13.8. The van der Waals surface area contributed by atoms with Gasteiger partial charge in [-0.1, -0.05) is 29.4 Å². The molecule has 2 rings (SSSR count). The monoisotopic (exact) mass is 327 g/mol. The van der Waals surface area contributed by atoms with Crippen molar-refractivity contribution in [1.82, 2.24) is 0 Å². The number of rotatable bonds is 4. The number of aromatic carboxylic acids is 1. The first-order valence-electron chi connectivity index (χ1n) is 5.53. The molecule has 0 bridgehead atoms. The second kappa shape index (κ2) is 6.11. The summed E-state index contributed by atoms with van der Waals surface area (Å²) in [7, 11) is 0. The fourth-order valence-corrected chi connectivity index (χ4v) is 2.84. The summed E-state index contributed by atoms with van der Waals surface area (Å²) < 4.78 is 13.8. The summed E-state index contributed by atoms with van der Waals surface area (Å²) in [4.78, 5) is 21.2. The molecule has 108 valence electrons. The minimum absolute atomic E-state index is 0.0499. The number of carboxylic acid groups (broad SMARTS) is 1. The molecule has 0 saturated carbocycles. The highest BCUT2D eigenvalue weighted by Crippen LogP contribution is 2.40. The molecule has 0 aliphatic rings. The average Bonchev–Trinajstić information content (AvgIpc) is 2.42. The van der Waals surface area contributed by atoms with Crippen LogP contribution in [0.2, 0.25) is 5.02 Å². The van der Waals surface area contributed by atoms with Gasteiger partial charge < -0.3 is 5.11 Å². The van der Waals surface area contributed by atoms with E-state index in [4.69, 9.17) is 16.7 Å². The summed E-state index contributed by atoms with van der Waals surface area (Å²) in [6, 6.07) is 7.31. The predicted molar refractivity (Wildman–Crippen MR) is 75.6 cm³/mol. The van der Waals surface area contributed by atoms with Gasteiger partial charge in [0.25, 0.3) is 5.69 Å². The van der Waals surface area contributed by atoms with E-state index in [-0.39, 0.29) is 26.1 Å². The van der Waals surface area contributed by atoms with Gasteiger partial charge >= 0.3 is 5.97 Å². The van der Waals surface area contributed by atoms with Gasteiger partial charge in [-0.25, -0.2) is 9.18 Å². The first-order chi connectivity index (χ1) is 9.90. The molecule has 8 heteroatoms. The van der Waals surface area contributed by atoms with E-state index < -0.39 is 16.7 Å². The van der Waals surface area contributed by atoms with Gasteiger partial charge in [-0.05, 0) is 24.3 Å². The molecule has 2 aromatic carbocycles. The van der Waals surface area contributed by atoms with Crippen molar-refractivity contribution in [2.75, 3.05) is 0 Å². The molecule has 0 aliphatic carbocycles. The number of nitro groups is 1. The van der Waals surface area contributed by atoms with Gasteiger partial charge in [-0.3, -0.25) is 10.1 Å². The van der Waals surface area contributed by atoms with E-state index >= 15 is 0 Å². The normalized spacial score (nSPS) is 10.4. The van der Waals surface area contributed by atoms with Crippen molar-refractivity contribution in [3.05, 3.63) is 62.9 Å². The van der Waals surface area contributed by atoms with Crippen LogP contribution in [-0.2, 0) is 0 Å². The molecule has 0 amide bonds. The molecular formula is C13H7ClFNO4S. The Labute approximate surface area is 127 Å². The van der Waals surface area contributed by atoms with Gasteiger partial charge in [0.1, 0.15) is 10.7 Å². The lowest BCUT2D eigenvalue weighted by atomic mass is 10.2. The van der Waals surface area contributed by atoms with Crippen molar-refractivity contribution in [1.29, 1.82) is 0 Å². The van der Waals surface area contributed by atoms with Crippen molar-refractivity contribution in [3.8, 4) is 0 Å². The molecular weight excluding hydrogens is 321 g/mol. The van der Waals surface area contributed by atoms with Crippen LogP contribution >= 0.6 is 23.4 Å². The summed E-state index contributed by atoms with van der Waals surface area (Å²) in [5, 5.41) is 20.0. The van der Waals surface area contributed by atoms with Crippen LogP contribution in [-0.4, -0.2) is 16.0 Å². The Morgan fingerprint density at radius 1 is 1.33 bits per heavy atom. The molecule has 0 heterocycles. The summed E-state index contributed by atoms with van der Waals surface area (Å²) in [6.07, 6.45) is 0. The number of nitro benzene ring substituents is 1. The SMILES string of the molecule is O=C(O)c1ccc(F)c(Sc2c(Cl)cccc2[N+](=O)[O-])c1. The van der Waals surface area contributed by atoms with Crippen molar-refractivity contribution < 1.29 is 19.2 Å². The Hall–Kier alpha value is -2.12. The van der Waals surface area contributed by atoms with Crippen LogP contribution in [0.1, 0.15) is 10.4 Å². The van der Waals surface area contributed by atoms with Gasteiger partial charge in [0.15, 0.2) is 0 Å². The van der Waals surface area contributed by atoms with E-state index in [0.717, 1.165) is 18.2 Å². The summed E-state index contributed by atoms with van der Waals surface area (Å²) in [5.74, 6) is -1.90. The molecule has 0 atom stereocenters. The third-order valence-electron chi connectivity index (χ3n) is 2.53. The van der Waals surface area contributed by atoms with Crippen LogP contribution in [0.4, 0.5) is 10.1 Å². The van der Waals surface area contributed by atoms with Crippen molar-refractivity contribution >= 4 is 35.0 Å². The lowest BCUT2D eigenvalue weighted by molar-refractivity contribution is -0.387. The van der Waals surface area contributed by atoms with Gasteiger partial charge in [0, 0.05) is 11.0 Å². The Kier molecular flexibility index (Phi) is 4.44. The fourth-order valence-electron chi connectivity index (χ4n) is 1.57. The van der Waals surface area contributed by atoms with Gasteiger partial charge in [-0.2, -0.15) is 0 Å². The standard InChI is InChI=1S/C13H7ClFNO4S/c14-8-2-1-3-10(16(19)20)12(8)21-11-6-7(13(17)18)4-5-9(11)15/h1-6H,(H,17,18). The number of carbonyl (C=O) groups is 1. The quantitative estimate of drug-likeness (QED) is 0.671. The minimum Gasteiger partial charge on any atom is -0.478 e. The lowest BCUT2D eigenvalue weighted by Crippen LogP contribution is -1.97. The maximum Gasteiger partial charge on any atom is 0.335 e. The summed E-state index contributed by atoms with van der Waals surface area (Å²) in [5.41, 5.74) is -0.388. The predicted octanol–water partition coefficient (Wildman–Crippen LogP) is 4.24. The van der Waals surface area contributed by atoms with Crippen LogP contribution in [0.15, 0.2) is 46.2 Å². The zero-order chi connectivity index (χ0) is 15.6. The van der Waals surface area contributed by atoms with Crippen LogP contribution in [0, 0.1) is 15.9 Å². The molecule has 0 aliphatic heterocycles. The first-order valence-corrected chi connectivity index (χ1v) is 6.73. The number of benzene rings is 2. The topological polar surface area (TPSA) is 80.4 Å². The Morgan fingerprint density at radius 2 is 2.05 bits per heavy atom. The second-order valence-electron chi connectivity index (χ2n) is 3.90. The van der Waals surface area contributed by atoms with E-state index in [2.05, 4.69) is 0 Å². The summed E-state index contributed by atoms with van der Waals surface area (Å²) in [6.45, 7) is 0. The number of nitrogens with zero attached hydrogens (tertiary/aromatic N) is 1. The van der Waals surface area contributed by atoms with Crippen molar-refractivity contribution in [3.63, 3.8) is 0 Å². The van der Waals surface area contributed by atoms with Crippen LogP contribution < -0.4 is 0 Å². The Bertz CT molecular complexity index is 738. The number of carboxylic acids is 1. The van der Waals surface area contributed by atoms with E-state index in [0.29, 0.717) is 11.8 Å². The number of hydrogen-bond acceptors (Lipinski definition) is 4. The van der Waals surface area contributed by atoms with Crippen LogP contribution in [0.5, 0.6) is 0 Å². The molecule has 5 nitrogen and oxygen atoms in total. The second-order valence-corrected chi connectivity index (χ2v) is 5.36. The molecule has 0 saturated heterocycles. The molecule has 0 radical (unpaired) electrons. The first kappa shape index (κ1) is 15.3. The van der Waals surface area contributed by atoms with E-state index in [1.54, 1.807) is 0 Å². The van der Waals surface area contributed by atoms with E-state index in [1.807, 2.05) is 0 Å². The largest absolute Gasteiger partial charge is 0.478 e. The van der Waals surface area contributed by atoms with Gasteiger partial charge in [-0.15, -0.1) is 0 Å². The maximum atomic E-state index is 13.8. The van der Waals surface area contributed by atoms with Crippen LogP contribution in [0.25, 0.3) is 0 Å². The fraction of sp³-hybridized carbons (Fsp3) is 0. The average molecular weight is 328 g/mol. The van der Waals surface area contributed by atoms with Crippen molar-refractivity contribution in [2.45, 2.75) is 9.79 Å². The third kappa shape index (κ3) is 3.32. The molecule has 2 aromatic rings. The Balaban J connectivity index is 2.50. The van der Waals surface area contributed by atoms with E-state index in [1.165, 1.54) is 18.2 Å². The highest BCUT2D eigenvalue weighted by atomic mass is 35.5. The molecule has 0 fully saturated rings. The molecule has 0 spiro atoms. The smallest absolute Gasteiger partial charge is 0.335 e. The zero-order valence-electron chi connectivity index (χ0n) is 10.2.